The average molecular weight is 274 g/mol. The molecule has 0 amide bonds. The molecule has 0 radical (unpaired) electrons. The number of pyridine rings is 1. The fourth-order valence-electron chi connectivity index (χ4n) is 2.07. The van der Waals surface area contributed by atoms with Crippen LogP contribution in [0.1, 0.15) is 37.5 Å². The predicted octanol–water partition coefficient (Wildman–Crippen LogP) is 2.68. The van der Waals surface area contributed by atoms with Crippen LogP contribution in [0.4, 0.5) is 0 Å². The summed E-state index contributed by atoms with van der Waals surface area (Å²) >= 11 is 0. The van der Waals surface area contributed by atoms with Crippen molar-refractivity contribution in [3.63, 3.8) is 0 Å². The number of hydrogen-bond donors (Lipinski definition) is 1. The SMILES string of the molecule is Cc1cc(-c2noc(CCCNC(C)C)n2)cc(C)n1. The van der Waals surface area contributed by atoms with Crippen molar-refractivity contribution in [1.82, 2.24) is 20.4 Å². The molecule has 2 aromatic heterocycles. The van der Waals surface area contributed by atoms with Crippen molar-refractivity contribution in [2.24, 2.45) is 0 Å². The first-order valence-corrected chi connectivity index (χ1v) is 7.06. The fourth-order valence-corrected chi connectivity index (χ4v) is 2.07. The monoisotopic (exact) mass is 274 g/mol. The van der Waals surface area contributed by atoms with Gasteiger partial charge in [-0.05, 0) is 38.9 Å². The van der Waals surface area contributed by atoms with Gasteiger partial charge in [-0.2, -0.15) is 4.98 Å². The van der Waals surface area contributed by atoms with Crippen molar-refractivity contribution < 1.29 is 4.52 Å². The zero-order chi connectivity index (χ0) is 14.5. The molecule has 0 aliphatic rings. The van der Waals surface area contributed by atoms with Crippen molar-refractivity contribution in [3.8, 4) is 11.4 Å². The van der Waals surface area contributed by atoms with Gasteiger partial charge >= 0.3 is 0 Å². The number of hydrogen-bond acceptors (Lipinski definition) is 5. The third-order valence-corrected chi connectivity index (χ3v) is 2.93. The molecule has 0 aliphatic carbocycles. The lowest BCUT2D eigenvalue weighted by molar-refractivity contribution is 0.374. The second kappa shape index (κ2) is 6.61. The van der Waals surface area contributed by atoms with Crippen LogP contribution in [0.3, 0.4) is 0 Å². The number of nitrogens with one attached hydrogen (secondary N) is 1. The molecule has 108 valence electrons. The van der Waals surface area contributed by atoms with Gasteiger partial charge in [0, 0.05) is 29.4 Å². The second-order valence-electron chi connectivity index (χ2n) is 5.36. The van der Waals surface area contributed by atoms with Crippen molar-refractivity contribution >= 4 is 0 Å². The largest absolute Gasteiger partial charge is 0.339 e. The van der Waals surface area contributed by atoms with Gasteiger partial charge in [0.25, 0.3) is 0 Å². The van der Waals surface area contributed by atoms with E-state index in [9.17, 15) is 0 Å². The average Bonchev–Trinajstić information content (AvgIpc) is 2.82. The van der Waals surface area contributed by atoms with Gasteiger partial charge in [0.15, 0.2) is 0 Å². The quantitative estimate of drug-likeness (QED) is 0.820. The molecule has 0 spiro atoms. The molecule has 5 heteroatoms. The Morgan fingerprint density at radius 3 is 2.50 bits per heavy atom. The lowest BCUT2D eigenvalue weighted by atomic mass is 10.2. The lowest BCUT2D eigenvalue weighted by Crippen LogP contribution is -2.23. The van der Waals surface area contributed by atoms with Gasteiger partial charge in [-0.1, -0.05) is 19.0 Å². The lowest BCUT2D eigenvalue weighted by Gasteiger charge is -2.05. The summed E-state index contributed by atoms with van der Waals surface area (Å²) in [6.07, 6.45) is 1.80. The number of aromatic nitrogens is 3. The minimum absolute atomic E-state index is 0.510. The van der Waals surface area contributed by atoms with Gasteiger partial charge in [0.1, 0.15) is 0 Å². The Bertz CT molecular complexity index is 543. The summed E-state index contributed by atoms with van der Waals surface area (Å²) in [4.78, 5) is 8.80. The number of aryl methyl sites for hydroxylation is 3. The van der Waals surface area contributed by atoms with E-state index in [1.807, 2.05) is 26.0 Å². The molecule has 2 rings (SSSR count). The summed E-state index contributed by atoms with van der Waals surface area (Å²) in [5.41, 5.74) is 2.89. The first kappa shape index (κ1) is 14.7. The first-order valence-electron chi connectivity index (χ1n) is 7.06. The van der Waals surface area contributed by atoms with Gasteiger partial charge in [-0.15, -0.1) is 0 Å². The highest BCUT2D eigenvalue weighted by atomic mass is 16.5. The molecule has 0 saturated carbocycles. The minimum atomic E-state index is 0.510. The molecule has 0 aromatic carbocycles. The van der Waals surface area contributed by atoms with Crippen LogP contribution in [0.2, 0.25) is 0 Å². The van der Waals surface area contributed by atoms with Crippen molar-refractivity contribution in [2.75, 3.05) is 6.54 Å². The van der Waals surface area contributed by atoms with E-state index in [1.54, 1.807) is 0 Å². The van der Waals surface area contributed by atoms with E-state index >= 15 is 0 Å². The molecule has 0 fully saturated rings. The number of nitrogens with zero attached hydrogens (tertiary/aromatic N) is 3. The number of rotatable bonds is 6. The topological polar surface area (TPSA) is 63.8 Å². The highest BCUT2D eigenvalue weighted by Gasteiger charge is 2.09. The first-order chi connectivity index (χ1) is 9.54. The van der Waals surface area contributed by atoms with Gasteiger partial charge < -0.3 is 9.84 Å². The summed E-state index contributed by atoms with van der Waals surface area (Å²) in [5, 5.41) is 7.42. The van der Waals surface area contributed by atoms with E-state index in [-0.39, 0.29) is 0 Å². The molecule has 0 bridgehead atoms. The second-order valence-corrected chi connectivity index (χ2v) is 5.36. The van der Waals surface area contributed by atoms with E-state index in [2.05, 4.69) is 34.3 Å². The van der Waals surface area contributed by atoms with Crippen molar-refractivity contribution in [2.45, 2.75) is 46.6 Å². The van der Waals surface area contributed by atoms with Crippen LogP contribution < -0.4 is 5.32 Å². The van der Waals surface area contributed by atoms with Gasteiger partial charge in [0.2, 0.25) is 11.7 Å². The maximum absolute atomic E-state index is 5.30. The summed E-state index contributed by atoms with van der Waals surface area (Å²) in [6, 6.07) is 4.46. The Balaban J connectivity index is 1.98. The van der Waals surface area contributed by atoms with Crippen LogP contribution in [0, 0.1) is 13.8 Å². The maximum Gasteiger partial charge on any atom is 0.227 e. The van der Waals surface area contributed by atoms with E-state index in [0.717, 1.165) is 36.3 Å². The van der Waals surface area contributed by atoms with Crippen LogP contribution in [-0.4, -0.2) is 27.7 Å². The van der Waals surface area contributed by atoms with E-state index in [1.165, 1.54) is 0 Å². The van der Waals surface area contributed by atoms with Crippen LogP contribution in [0.15, 0.2) is 16.7 Å². The third-order valence-electron chi connectivity index (χ3n) is 2.93. The van der Waals surface area contributed by atoms with Crippen molar-refractivity contribution in [1.29, 1.82) is 0 Å². The predicted molar refractivity (Wildman–Crippen MR) is 78.5 cm³/mol. The Hall–Kier alpha value is -1.75. The third kappa shape index (κ3) is 4.13. The smallest absolute Gasteiger partial charge is 0.227 e. The molecule has 5 nitrogen and oxygen atoms in total. The summed E-state index contributed by atoms with van der Waals surface area (Å²) in [5.74, 6) is 1.34. The molecule has 0 saturated heterocycles. The molecule has 2 aromatic rings. The van der Waals surface area contributed by atoms with Gasteiger partial charge in [-0.25, -0.2) is 0 Å². The Morgan fingerprint density at radius 1 is 1.15 bits per heavy atom. The van der Waals surface area contributed by atoms with E-state index in [4.69, 9.17) is 4.52 Å². The maximum atomic E-state index is 5.30. The van der Waals surface area contributed by atoms with Gasteiger partial charge in [0.05, 0.1) is 0 Å². The molecule has 1 N–H and O–H groups in total. The van der Waals surface area contributed by atoms with Crippen molar-refractivity contribution in [3.05, 3.63) is 29.4 Å². The molecular weight excluding hydrogens is 252 g/mol. The van der Waals surface area contributed by atoms with E-state index < -0.39 is 0 Å². The van der Waals surface area contributed by atoms with Crippen LogP contribution in [0.25, 0.3) is 11.4 Å². The van der Waals surface area contributed by atoms with Gasteiger partial charge in [-0.3, -0.25) is 4.98 Å². The normalized spacial score (nSPS) is 11.2. The van der Waals surface area contributed by atoms with Crippen LogP contribution in [-0.2, 0) is 6.42 Å². The van der Waals surface area contributed by atoms with E-state index in [0.29, 0.717) is 17.8 Å². The van der Waals surface area contributed by atoms with Crippen LogP contribution in [0.5, 0.6) is 0 Å². The molecule has 0 aliphatic heterocycles. The summed E-state index contributed by atoms with van der Waals surface area (Å²) in [6.45, 7) is 9.17. The van der Waals surface area contributed by atoms with Crippen LogP contribution >= 0.6 is 0 Å². The standard InChI is InChI=1S/C15H22N4O/c1-10(2)16-7-5-6-14-18-15(19-20-14)13-8-11(3)17-12(4)9-13/h8-10,16H,5-7H2,1-4H3. The Morgan fingerprint density at radius 2 is 1.85 bits per heavy atom. The molecule has 20 heavy (non-hydrogen) atoms. The zero-order valence-electron chi connectivity index (χ0n) is 12.6. The Kier molecular flexibility index (Phi) is 4.84. The summed E-state index contributed by atoms with van der Waals surface area (Å²) in [7, 11) is 0. The molecular formula is C15H22N4O. The highest BCUT2D eigenvalue weighted by Crippen LogP contribution is 2.17. The highest BCUT2D eigenvalue weighted by molar-refractivity contribution is 5.55. The fraction of sp³-hybridized carbons (Fsp3) is 0.533. The Labute approximate surface area is 119 Å². The minimum Gasteiger partial charge on any atom is -0.339 e. The zero-order valence-corrected chi connectivity index (χ0v) is 12.6. The molecule has 0 unspecified atom stereocenters. The summed E-state index contributed by atoms with van der Waals surface area (Å²) < 4.78 is 5.30. The molecule has 2 heterocycles. The molecule has 0 atom stereocenters.